The van der Waals surface area contributed by atoms with Crippen molar-refractivity contribution in [1.29, 1.82) is 5.26 Å². The lowest BCUT2D eigenvalue weighted by molar-refractivity contribution is -0.116. The number of amides is 1. The Morgan fingerprint density at radius 3 is 2.62 bits per heavy atom. The van der Waals surface area contributed by atoms with Gasteiger partial charge in [0.1, 0.15) is 11.6 Å². The summed E-state index contributed by atoms with van der Waals surface area (Å²) in [6.07, 6.45) is 0. The van der Waals surface area contributed by atoms with Crippen molar-refractivity contribution in [3.63, 3.8) is 0 Å². The number of anilines is 1. The standard InChI is InChI=1S/C10H13N5O/c1-6-7(2)13-14-10(8(6)4-11)15(3)5-9(12)16/h5H2,1-3H3,(H2,12,16). The first-order valence-electron chi connectivity index (χ1n) is 4.70. The van der Waals surface area contributed by atoms with Gasteiger partial charge in [0.05, 0.1) is 12.2 Å². The minimum Gasteiger partial charge on any atom is -0.368 e. The fraction of sp³-hybridized carbons (Fsp3) is 0.400. The number of aryl methyl sites for hydroxylation is 1. The Morgan fingerprint density at radius 2 is 2.12 bits per heavy atom. The zero-order valence-electron chi connectivity index (χ0n) is 9.48. The van der Waals surface area contributed by atoms with Gasteiger partial charge in [0.2, 0.25) is 5.91 Å². The van der Waals surface area contributed by atoms with E-state index in [0.717, 1.165) is 5.56 Å². The molecule has 0 spiro atoms. The van der Waals surface area contributed by atoms with Gasteiger partial charge in [0.15, 0.2) is 5.82 Å². The summed E-state index contributed by atoms with van der Waals surface area (Å²) in [7, 11) is 1.64. The maximum atomic E-state index is 10.8. The second-order valence-corrected chi connectivity index (χ2v) is 3.54. The molecule has 1 aromatic rings. The molecule has 0 saturated heterocycles. The highest BCUT2D eigenvalue weighted by Gasteiger charge is 2.15. The summed E-state index contributed by atoms with van der Waals surface area (Å²) in [5, 5.41) is 16.9. The van der Waals surface area contributed by atoms with Crippen molar-refractivity contribution >= 4 is 11.7 Å². The zero-order valence-corrected chi connectivity index (χ0v) is 9.48. The number of primary amides is 1. The van der Waals surface area contributed by atoms with E-state index in [4.69, 9.17) is 11.0 Å². The van der Waals surface area contributed by atoms with E-state index in [9.17, 15) is 4.79 Å². The first-order valence-corrected chi connectivity index (χ1v) is 4.70. The molecule has 84 valence electrons. The summed E-state index contributed by atoms with van der Waals surface area (Å²) in [6, 6.07) is 2.06. The number of hydrogen-bond acceptors (Lipinski definition) is 5. The molecule has 0 saturated carbocycles. The van der Waals surface area contributed by atoms with Gasteiger partial charge >= 0.3 is 0 Å². The molecule has 1 rings (SSSR count). The first kappa shape index (κ1) is 11.9. The third-order valence-electron chi connectivity index (χ3n) is 2.30. The number of aromatic nitrogens is 2. The molecule has 1 amide bonds. The molecule has 0 aliphatic carbocycles. The number of nitrogens with zero attached hydrogens (tertiary/aromatic N) is 4. The predicted molar refractivity (Wildman–Crippen MR) is 58.7 cm³/mol. The molecule has 0 radical (unpaired) electrons. The Labute approximate surface area is 93.7 Å². The summed E-state index contributed by atoms with van der Waals surface area (Å²) in [5.74, 6) is -0.101. The van der Waals surface area contributed by atoms with Crippen molar-refractivity contribution < 1.29 is 4.79 Å². The van der Waals surface area contributed by atoms with Crippen molar-refractivity contribution in [2.75, 3.05) is 18.5 Å². The maximum absolute atomic E-state index is 10.8. The lowest BCUT2D eigenvalue weighted by atomic mass is 10.1. The highest BCUT2D eigenvalue weighted by atomic mass is 16.1. The number of carbonyl (C=O) groups excluding carboxylic acids is 1. The molecule has 0 aromatic carbocycles. The summed E-state index contributed by atoms with van der Waals surface area (Å²) in [6.45, 7) is 3.58. The van der Waals surface area contributed by atoms with E-state index in [2.05, 4.69) is 16.3 Å². The minimum atomic E-state index is -0.480. The number of carbonyl (C=O) groups is 1. The number of likely N-dealkylation sites (N-methyl/N-ethyl adjacent to an activating group) is 1. The van der Waals surface area contributed by atoms with Gasteiger partial charge in [-0.25, -0.2) is 0 Å². The lowest BCUT2D eigenvalue weighted by Crippen LogP contribution is -2.32. The number of rotatable bonds is 3. The van der Waals surface area contributed by atoms with Gasteiger partial charge in [-0.3, -0.25) is 4.79 Å². The molecule has 0 bridgehead atoms. The van der Waals surface area contributed by atoms with Crippen LogP contribution in [0.1, 0.15) is 16.8 Å². The molecule has 0 fully saturated rings. The van der Waals surface area contributed by atoms with Gasteiger partial charge in [-0.05, 0) is 19.4 Å². The smallest absolute Gasteiger partial charge is 0.236 e. The Hall–Kier alpha value is -2.16. The van der Waals surface area contributed by atoms with Gasteiger partial charge in [0.25, 0.3) is 0 Å². The third-order valence-corrected chi connectivity index (χ3v) is 2.30. The highest BCUT2D eigenvalue weighted by molar-refractivity contribution is 5.79. The summed E-state index contributed by atoms with van der Waals surface area (Å²) in [4.78, 5) is 12.3. The quantitative estimate of drug-likeness (QED) is 0.765. The van der Waals surface area contributed by atoms with Crippen LogP contribution in [0.5, 0.6) is 0 Å². The van der Waals surface area contributed by atoms with Crippen molar-refractivity contribution in [3.8, 4) is 6.07 Å². The molecule has 0 atom stereocenters. The summed E-state index contributed by atoms with van der Waals surface area (Å²) >= 11 is 0. The highest BCUT2D eigenvalue weighted by Crippen LogP contribution is 2.19. The van der Waals surface area contributed by atoms with E-state index in [1.807, 2.05) is 0 Å². The summed E-state index contributed by atoms with van der Waals surface area (Å²) < 4.78 is 0. The average molecular weight is 219 g/mol. The van der Waals surface area contributed by atoms with E-state index in [0.29, 0.717) is 17.1 Å². The molecular formula is C10H13N5O. The van der Waals surface area contributed by atoms with Crippen LogP contribution in [0.15, 0.2) is 0 Å². The van der Waals surface area contributed by atoms with Crippen LogP contribution in [-0.2, 0) is 4.79 Å². The molecular weight excluding hydrogens is 206 g/mol. The van der Waals surface area contributed by atoms with Crippen LogP contribution < -0.4 is 10.6 Å². The second kappa shape index (κ2) is 4.57. The average Bonchev–Trinajstić information content (AvgIpc) is 2.20. The fourth-order valence-corrected chi connectivity index (χ4v) is 1.31. The van der Waals surface area contributed by atoms with Crippen LogP contribution in [0.25, 0.3) is 0 Å². The molecule has 1 aromatic heterocycles. The molecule has 1 heterocycles. The molecule has 0 aliphatic heterocycles. The third kappa shape index (κ3) is 2.25. The SMILES string of the molecule is Cc1nnc(N(C)CC(N)=O)c(C#N)c1C. The van der Waals surface area contributed by atoms with Crippen LogP contribution in [0.3, 0.4) is 0 Å². The molecule has 6 heteroatoms. The van der Waals surface area contributed by atoms with Gasteiger partial charge in [-0.15, -0.1) is 5.10 Å². The largest absolute Gasteiger partial charge is 0.368 e. The van der Waals surface area contributed by atoms with Crippen molar-refractivity contribution in [2.45, 2.75) is 13.8 Å². The van der Waals surface area contributed by atoms with E-state index < -0.39 is 5.91 Å². The number of hydrogen-bond donors (Lipinski definition) is 1. The van der Waals surface area contributed by atoms with Crippen LogP contribution in [0, 0.1) is 25.2 Å². The van der Waals surface area contributed by atoms with Crippen LogP contribution in [-0.4, -0.2) is 29.7 Å². The topological polar surface area (TPSA) is 95.9 Å². The number of nitriles is 1. The second-order valence-electron chi connectivity index (χ2n) is 3.54. The Morgan fingerprint density at radius 1 is 1.50 bits per heavy atom. The van der Waals surface area contributed by atoms with Crippen molar-refractivity contribution in [3.05, 3.63) is 16.8 Å². The lowest BCUT2D eigenvalue weighted by Gasteiger charge is -2.17. The molecule has 2 N–H and O–H groups in total. The van der Waals surface area contributed by atoms with Crippen molar-refractivity contribution in [2.24, 2.45) is 5.73 Å². The van der Waals surface area contributed by atoms with E-state index in [-0.39, 0.29) is 6.54 Å². The van der Waals surface area contributed by atoms with Crippen molar-refractivity contribution in [1.82, 2.24) is 10.2 Å². The normalized spacial score (nSPS) is 9.62. The van der Waals surface area contributed by atoms with Gasteiger partial charge < -0.3 is 10.6 Å². The first-order chi connectivity index (χ1) is 7.47. The minimum absolute atomic E-state index is 0.00581. The van der Waals surface area contributed by atoms with Crippen LogP contribution in [0.2, 0.25) is 0 Å². The summed E-state index contributed by atoms with van der Waals surface area (Å²) in [5.41, 5.74) is 6.97. The molecule has 6 nitrogen and oxygen atoms in total. The van der Waals surface area contributed by atoms with E-state index in [1.165, 1.54) is 4.90 Å². The number of nitrogens with two attached hydrogens (primary N) is 1. The molecule has 0 unspecified atom stereocenters. The maximum Gasteiger partial charge on any atom is 0.236 e. The molecule has 16 heavy (non-hydrogen) atoms. The Bertz CT molecular complexity index is 463. The van der Waals surface area contributed by atoms with Crippen LogP contribution >= 0.6 is 0 Å². The van der Waals surface area contributed by atoms with Gasteiger partial charge in [-0.2, -0.15) is 10.4 Å². The van der Waals surface area contributed by atoms with E-state index in [1.54, 1.807) is 20.9 Å². The Balaban J connectivity index is 3.20. The fourth-order valence-electron chi connectivity index (χ4n) is 1.31. The van der Waals surface area contributed by atoms with Gasteiger partial charge in [0, 0.05) is 7.05 Å². The monoisotopic (exact) mass is 219 g/mol. The Kier molecular flexibility index (Phi) is 3.40. The van der Waals surface area contributed by atoms with Crippen LogP contribution in [0.4, 0.5) is 5.82 Å². The zero-order chi connectivity index (χ0) is 12.3. The predicted octanol–water partition coefficient (Wildman–Crippen LogP) is -0.113. The van der Waals surface area contributed by atoms with Gasteiger partial charge in [-0.1, -0.05) is 0 Å². The van der Waals surface area contributed by atoms with E-state index >= 15 is 0 Å². The molecule has 0 aliphatic rings.